The van der Waals surface area contributed by atoms with Gasteiger partial charge in [0.05, 0.1) is 0 Å². The van der Waals surface area contributed by atoms with Gasteiger partial charge in [0, 0.05) is 22.9 Å². The van der Waals surface area contributed by atoms with Crippen molar-refractivity contribution in [1.82, 2.24) is 9.97 Å². The summed E-state index contributed by atoms with van der Waals surface area (Å²) in [6, 6.07) is 8.29. The molecule has 0 bridgehead atoms. The highest BCUT2D eigenvalue weighted by Gasteiger charge is 2.15. The maximum absolute atomic E-state index is 6.13. The highest BCUT2D eigenvalue weighted by molar-refractivity contribution is 6.31. The van der Waals surface area contributed by atoms with E-state index in [1.54, 1.807) is 6.20 Å². The molecule has 0 spiro atoms. The van der Waals surface area contributed by atoms with E-state index in [0.717, 1.165) is 22.1 Å². The molecule has 5 heteroatoms. The molecule has 1 aliphatic rings. The predicted octanol–water partition coefficient (Wildman–Crippen LogP) is 4.54. The van der Waals surface area contributed by atoms with Crippen molar-refractivity contribution in [3.8, 4) is 0 Å². The molecule has 0 atom stereocenters. The third kappa shape index (κ3) is 3.64. The Kier molecular flexibility index (Phi) is 4.25. The third-order valence-electron chi connectivity index (χ3n) is 3.79. The van der Waals surface area contributed by atoms with Gasteiger partial charge < -0.3 is 10.6 Å². The number of halogens is 1. The van der Waals surface area contributed by atoms with Crippen molar-refractivity contribution >= 4 is 29.1 Å². The Hall–Kier alpha value is -1.81. The van der Waals surface area contributed by atoms with Crippen molar-refractivity contribution in [2.45, 2.75) is 38.6 Å². The van der Waals surface area contributed by atoms with Crippen molar-refractivity contribution in [2.75, 3.05) is 10.6 Å². The molecule has 2 aromatic rings. The third-order valence-corrected chi connectivity index (χ3v) is 4.20. The minimum Gasteiger partial charge on any atom is -0.367 e. The fourth-order valence-corrected chi connectivity index (χ4v) is 2.76. The summed E-state index contributed by atoms with van der Waals surface area (Å²) in [4.78, 5) is 8.76. The summed E-state index contributed by atoms with van der Waals surface area (Å²) in [6.45, 7) is 1.98. The highest BCUT2D eigenvalue weighted by atomic mass is 35.5. The molecule has 1 aromatic heterocycles. The van der Waals surface area contributed by atoms with Crippen LogP contribution in [0.5, 0.6) is 0 Å². The summed E-state index contributed by atoms with van der Waals surface area (Å²) in [6.07, 6.45) is 6.81. The van der Waals surface area contributed by atoms with E-state index in [4.69, 9.17) is 11.6 Å². The quantitative estimate of drug-likeness (QED) is 0.871. The summed E-state index contributed by atoms with van der Waals surface area (Å²) in [5, 5.41) is 7.40. The molecule has 0 amide bonds. The van der Waals surface area contributed by atoms with Gasteiger partial charge in [-0.3, -0.25) is 0 Å². The maximum atomic E-state index is 6.13. The summed E-state index contributed by atoms with van der Waals surface area (Å²) in [7, 11) is 0. The summed E-state index contributed by atoms with van der Waals surface area (Å²) in [5.74, 6) is 1.45. The van der Waals surface area contributed by atoms with Crippen LogP contribution in [0.4, 0.5) is 17.5 Å². The molecule has 1 saturated carbocycles. The number of hydrogen-bond acceptors (Lipinski definition) is 4. The number of aryl methyl sites for hydroxylation is 1. The number of nitrogens with one attached hydrogen (secondary N) is 2. The van der Waals surface area contributed by atoms with Gasteiger partial charge in [-0.15, -0.1) is 0 Å². The van der Waals surface area contributed by atoms with E-state index in [2.05, 4.69) is 20.6 Å². The fraction of sp³-hybridized carbons (Fsp3) is 0.375. The van der Waals surface area contributed by atoms with Crippen molar-refractivity contribution in [3.05, 3.63) is 41.0 Å². The second kappa shape index (κ2) is 6.31. The van der Waals surface area contributed by atoms with Crippen molar-refractivity contribution in [2.24, 2.45) is 0 Å². The van der Waals surface area contributed by atoms with Crippen molar-refractivity contribution < 1.29 is 0 Å². The van der Waals surface area contributed by atoms with Crippen LogP contribution in [0.25, 0.3) is 0 Å². The SMILES string of the molecule is Cc1ccc(Nc2nccc(NC3CCCC3)n2)cc1Cl. The molecule has 0 aliphatic heterocycles. The smallest absolute Gasteiger partial charge is 0.229 e. The first-order valence-corrected chi connectivity index (χ1v) is 7.71. The van der Waals surface area contributed by atoms with Crippen LogP contribution in [0.2, 0.25) is 5.02 Å². The Morgan fingerprint density at radius 2 is 2.00 bits per heavy atom. The second-order valence-electron chi connectivity index (χ2n) is 5.48. The van der Waals surface area contributed by atoms with E-state index in [-0.39, 0.29) is 0 Å². The molecule has 1 aromatic carbocycles. The average Bonchev–Trinajstić information content (AvgIpc) is 2.96. The standard InChI is InChI=1S/C16H19ClN4/c1-11-6-7-13(10-14(11)17)20-16-18-9-8-15(21-16)19-12-4-2-3-5-12/h6-10,12H,2-5H2,1H3,(H2,18,19,20,21). The number of hydrogen-bond donors (Lipinski definition) is 2. The van der Waals surface area contributed by atoms with Crippen LogP contribution in [0.3, 0.4) is 0 Å². The largest absolute Gasteiger partial charge is 0.367 e. The van der Waals surface area contributed by atoms with E-state index in [0.29, 0.717) is 12.0 Å². The Morgan fingerprint density at radius 1 is 1.19 bits per heavy atom. The van der Waals surface area contributed by atoms with Crippen molar-refractivity contribution in [1.29, 1.82) is 0 Å². The lowest BCUT2D eigenvalue weighted by molar-refractivity contribution is 0.750. The maximum Gasteiger partial charge on any atom is 0.229 e. The van der Waals surface area contributed by atoms with E-state index >= 15 is 0 Å². The van der Waals surface area contributed by atoms with Crippen LogP contribution in [-0.4, -0.2) is 16.0 Å². The number of benzene rings is 1. The second-order valence-corrected chi connectivity index (χ2v) is 5.89. The van der Waals surface area contributed by atoms with E-state index in [1.807, 2.05) is 31.2 Å². The van der Waals surface area contributed by atoms with Crippen LogP contribution < -0.4 is 10.6 Å². The van der Waals surface area contributed by atoms with Gasteiger partial charge in [-0.05, 0) is 43.5 Å². The zero-order valence-corrected chi connectivity index (χ0v) is 12.8. The van der Waals surface area contributed by atoms with Crippen LogP contribution in [-0.2, 0) is 0 Å². The van der Waals surface area contributed by atoms with Gasteiger partial charge in [0.2, 0.25) is 5.95 Å². The molecule has 21 heavy (non-hydrogen) atoms. The van der Waals surface area contributed by atoms with Crippen LogP contribution in [0.1, 0.15) is 31.2 Å². The van der Waals surface area contributed by atoms with Crippen LogP contribution >= 0.6 is 11.6 Å². The van der Waals surface area contributed by atoms with Gasteiger partial charge in [-0.2, -0.15) is 4.98 Å². The summed E-state index contributed by atoms with van der Waals surface area (Å²) >= 11 is 6.13. The fourth-order valence-electron chi connectivity index (χ4n) is 2.58. The highest BCUT2D eigenvalue weighted by Crippen LogP contribution is 2.24. The molecule has 110 valence electrons. The molecule has 0 unspecified atom stereocenters. The zero-order valence-electron chi connectivity index (χ0n) is 12.1. The predicted molar refractivity (Wildman–Crippen MR) is 87.4 cm³/mol. The number of aromatic nitrogens is 2. The lowest BCUT2D eigenvalue weighted by Crippen LogP contribution is -2.15. The molecule has 1 heterocycles. The number of anilines is 3. The molecule has 2 N–H and O–H groups in total. The molecular weight excluding hydrogens is 284 g/mol. The first-order chi connectivity index (χ1) is 10.2. The molecule has 0 radical (unpaired) electrons. The number of rotatable bonds is 4. The van der Waals surface area contributed by atoms with Gasteiger partial charge in [-0.1, -0.05) is 30.5 Å². The Bertz CT molecular complexity index is 623. The summed E-state index contributed by atoms with van der Waals surface area (Å²) in [5.41, 5.74) is 1.95. The number of nitrogens with zero attached hydrogens (tertiary/aromatic N) is 2. The molecule has 1 fully saturated rings. The lowest BCUT2D eigenvalue weighted by Gasteiger charge is -2.13. The average molecular weight is 303 g/mol. The van der Waals surface area contributed by atoms with Gasteiger partial charge in [0.15, 0.2) is 0 Å². The topological polar surface area (TPSA) is 49.8 Å². The Balaban J connectivity index is 1.71. The Morgan fingerprint density at radius 3 is 2.76 bits per heavy atom. The minimum absolute atomic E-state index is 0.543. The zero-order chi connectivity index (χ0) is 14.7. The molecule has 4 nitrogen and oxygen atoms in total. The van der Waals surface area contributed by atoms with Gasteiger partial charge in [-0.25, -0.2) is 4.98 Å². The van der Waals surface area contributed by atoms with E-state index in [1.165, 1.54) is 25.7 Å². The van der Waals surface area contributed by atoms with Crippen LogP contribution in [0.15, 0.2) is 30.5 Å². The van der Waals surface area contributed by atoms with Gasteiger partial charge >= 0.3 is 0 Å². The monoisotopic (exact) mass is 302 g/mol. The summed E-state index contributed by atoms with van der Waals surface area (Å²) < 4.78 is 0. The Labute approximate surface area is 130 Å². The minimum atomic E-state index is 0.543. The molecule has 1 aliphatic carbocycles. The normalized spacial score (nSPS) is 15.1. The van der Waals surface area contributed by atoms with Gasteiger partial charge in [0.25, 0.3) is 0 Å². The van der Waals surface area contributed by atoms with Gasteiger partial charge in [0.1, 0.15) is 5.82 Å². The lowest BCUT2D eigenvalue weighted by atomic mass is 10.2. The van der Waals surface area contributed by atoms with Crippen molar-refractivity contribution in [3.63, 3.8) is 0 Å². The first kappa shape index (κ1) is 14.1. The molecule has 3 rings (SSSR count). The van der Waals surface area contributed by atoms with E-state index < -0.39 is 0 Å². The van der Waals surface area contributed by atoms with E-state index in [9.17, 15) is 0 Å². The molecular formula is C16H19ClN4. The van der Waals surface area contributed by atoms with Crippen LogP contribution in [0, 0.1) is 6.92 Å². The first-order valence-electron chi connectivity index (χ1n) is 7.33. The molecule has 0 saturated heterocycles.